The molecule has 1 aliphatic heterocycles. The second-order valence-electron chi connectivity index (χ2n) is 8.98. The number of carbonyl (C=O) groups is 2. The number of rotatable bonds is 7. The lowest BCUT2D eigenvalue weighted by atomic mass is 9.92. The SMILES string of the molecule is O=C(CCCC(=O)N1CCc2ccccc21)N[C@H]1CCCc2c1cnn2Cc1ccccc1. The van der Waals surface area contributed by atoms with Gasteiger partial charge in [-0.05, 0) is 49.3 Å². The van der Waals surface area contributed by atoms with Crippen LogP contribution in [0.3, 0.4) is 0 Å². The summed E-state index contributed by atoms with van der Waals surface area (Å²) in [5.74, 6) is 0.119. The van der Waals surface area contributed by atoms with E-state index in [0.29, 0.717) is 19.3 Å². The first-order chi connectivity index (χ1) is 16.2. The van der Waals surface area contributed by atoms with Gasteiger partial charge >= 0.3 is 0 Å². The van der Waals surface area contributed by atoms with E-state index in [1.54, 1.807) is 0 Å². The summed E-state index contributed by atoms with van der Waals surface area (Å²) in [6.45, 7) is 1.49. The van der Waals surface area contributed by atoms with Crippen molar-refractivity contribution in [2.45, 2.75) is 57.5 Å². The molecule has 1 aliphatic carbocycles. The molecule has 1 N–H and O–H groups in total. The fraction of sp³-hybridized carbons (Fsp3) is 0.370. The predicted molar refractivity (Wildman–Crippen MR) is 128 cm³/mol. The summed E-state index contributed by atoms with van der Waals surface area (Å²) in [7, 11) is 0. The first kappa shape index (κ1) is 21.4. The summed E-state index contributed by atoms with van der Waals surface area (Å²) < 4.78 is 2.07. The molecule has 2 amide bonds. The van der Waals surface area contributed by atoms with E-state index in [2.05, 4.69) is 33.3 Å². The van der Waals surface area contributed by atoms with Crippen LogP contribution in [0.4, 0.5) is 5.69 Å². The van der Waals surface area contributed by atoms with Gasteiger partial charge in [-0.3, -0.25) is 14.3 Å². The minimum Gasteiger partial charge on any atom is -0.349 e. The topological polar surface area (TPSA) is 67.2 Å². The molecule has 0 saturated heterocycles. The van der Waals surface area contributed by atoms with Crippen molar-refractivity contribution in [1.29, 1.82) is 0 Å². The molecule has 0 radical (unpaired) electrons. The van der Waals surface area contributed by atoms with Gasteiger partial charge in [-0.2, -0.15) is 5.10 Å². The van der Waals surface area contributed by atoms with Crippen LogP contribution in [-0.4, -0.2) is 28.1 Å². The maximum Gasteiger partial charge on any atom is 0.227 e. The standard InChI is InChI=1S/C27H30N4O2/c32-26(14-7-15-27(33)30-17-16-21-10-4-5-12-24(21)30)29-23-11-6-13-25-22(23)18-28-31(25)19-20-8-2-1-3-9-20/h1-5,8-10,12,18,23H,6-7,11,13-17,19H2,(H,29,32)/t23-/m0/s1. The van der Waals surface area contributed by atoms with Crippen molar-refractivity contribution in [1.82, 2.24) is 15.1 Å². The first-order valence-corrected chi connectivity index (χ1v) is 11.9. The van der Waals surface area contributed by atoms with Crippen LogP contribution in [0.2, 0.25) is 0 Å². The Morgan fingerprint density at radius 2 is 1.82 bits per heavy atom. The van der Waals surface area contributed by atoms with Crippen LogP contribution in [0.5, 0.6) is 0 Å². The Kier molecular flexibility index (Phi) is 6.24. The normalized spacial score (nSPS) is 16.8. The lowest BCUT2D eigenvalue weighted by molar-refractivity contribution is -0.122. The van der Waals surface area contributed by atoms with Gasteiger partial charge in [-0.25, -0.2) is 0 Å². The van der Waals surface area contributed by atoms with Crippen molar-refractivity contribution in [2.75, 3.05) is 11.4 Å². The molecular formula is C27H30N4O2. The highest BCUT2D eigenvalue weighted by atomic mass is 16.2. The molecule has 6 nitrogen and oxygen atoms in total. The third-order valence-electron chi connectivity index (χ3n) is 6.76. The molecular weight excluding hydrogens is 412 g/mol. The number of hydrogen-bond acceptors (Lipinski definition) is 3. The number of para-hydroxylation sites is 1. The Hall–Kier alpha value is -3.41. The van der Waals surface area contributed by atoms with Gasteiger partial charge in [-0.15, -0.1) is 0 Å². The minimum absolute atomic E-state index is 0.00642. The Balaban J connectivity index is 1.14. The summed E-state index contributed by atoms with van der Waals surface area (Å²) in [5.41, 5.74) is 5.83. The lowest BCUT2D eigenvalue weighted by Gasteiger charge is -2.24. The van der Waals surface area contributed by atoms with Crippen LogP contribution in [0.1, 0.15) is 60.5 Å². The van der Waals surface area contributed by atoms with Crippen molar-refractivity contribution in [3.8, 4) is 0 Å². The van der Waals surface area contributed by atoms with Crippen molar-refractivity contribution in [3.05, 3.63) is 83.2 Å². The van der Waals surface area contributed by atoms with Crippen LogP contribution >= 0.6 is 0 Å². The number of benzene rings is 2. The molecule has 2 heterocycles. The van der Waals surface area contributed by atoms with Crippen molar-refractivity contribution < 1.29 is 9.59 Å². The van der Waals surface area contributed by atoms with Crippen LogP contribution in [0.15, 0.2) is 60.8 Å². The molecule has 1 atom stereocenters. The molecule has 0 unspecified atom stereocenters. The van der Waals surface area contributed by atoms with Crippen molar-refractivity contribution >= 4 is 17.5 Å². The van der Waals surface area contributed by atoms with Crippen LogP contribution in [0, 0.1) is 0 Å². The highest BCUT2D eigenvalue weighted by molar-refractivity contribution is 5.95. The van der Waals surface area contributed by atoms with Gasteiger partial charge in [-0.1, -0.05) is 48.5 Å². The zero-order chi connectivity index (χ0) is 22.6. The molecule has 6 heteroatoms. The largest absolute Gasteiger partial charge is 0.349 e. The molecule has 170 valence electrons. The summed E-state index contributed by atoms with van der Waals surface area (Å²) in [6.07, 6.45) is 7.10. The molecule has 2 aromatic carbocycles. The van der Waals surface area contributed by atoms with E-state index >= 15 is 0 Å². The second kappa shape index (κ2) is 9.61. The summed E-state index contributed by atoms with van der Waals surface area (Å²) in [4.78, 5) is 27.2. The van der Waals surface area contributed by atoms with Gasteiger partial charge in [0.15, 0.2) is 0 Å². The average molecular weight is 443 g/mol. The molecule has 0 fully saturated rings. The molecule has 0 spiro atoms. The molecule has 3 aromatic rings. The average Bonchev–Trinajstić information content (AvgIpc) is 3.45. The maximum absolute atomic E-state index is 12.7. The van der Waals surface area contributed by atoms with Gasteiger partial charge in [0.2, 0.25) is 11.8 Å². The monoisotopic (exact) mass is 442 g/mol. The number of fused-ring (bicyclic) bond motifs is 2. The fourth-order valence-corrected chi connectivity index (χ4v) is 5.06. The lowest BCUT2D eigenvalue weighted by Crippen LogP contribution is -2.32. The van der Waals surface area contributed by atoms with Crippen molar-refractivity contribution in [2.24, 2.45) is 0 Å². The molecule has 0 bridgehead atoms. The number of nitrogens with one attached hydrogen (secondary N) is 1. The van der Waals surface area contributed by atoms with E-state index in [4.69, 9.17) is 0 Å². The Bertz CT molecular complexity index is 1140. The zero-order valence-electron chi connectivity index (χ0n) is 18.9. The first-order valence-electron chi connectivity index (χ1n) is 11.9. The van der Waals surface area contributed by atoms with Gasteiger partial charge in [0, 0.05) is 36.3 Å². The van der Waals surface area contributed by atoms with E-state index in [1.807, 2.05) is 47.5 Å². The van der Waals surface area contributed by atoms with Crippen LogP contribution in [-0.2, 0) is 29.0 Å². The zero-order valence-corrected chi connectivity index (χ0v) is 18.9. The Morgan fingerprint density at radius 3 is 2.70 bits per heavy atom. The number of carbonyl (C=O) groups excluding carboxylic acids is 2. The summed E-state index contributed by atoms with van der Waals surface area (Å²) in [5, 5.41) is 7.81. The van der Waals surface area contributed by atoms with Crippen LogP contribution in [0.25, 0.3) is 0 Å². The van der Waals surface area contributed by atoms with E-state index in [-0.39, 0.29) is 17.9 Å². The Labute approximate surface area is 194 Å². The van der Waals surface area contributed by atoms with Gasteiger partial charge in [0.25, 0.3) is 0 Å². The number of hydrogen-bond donors (Lipinski definition) is 1. The predicted octanol–water partition coefficient (Wildman–Crippen LogP) is 4.18. The smallest absolute Gasteiger partial charge is 0.227 e. The Morgan fingerprint density at radius 1 is 1.00 bits per heavy atom. The number of amides is 2. The fourth-order valence-electron chi connectivity index (χ4n) is 5.06. The van der Waals surface area contributed by atoms with E-state index < -0.39 is 0 Å². The van der Waals surface area contributed by atoms with Crippen LogP contribution < -0.4 is 10.2 Å². The summed E-state index contributed by atoms with van der Waals surface area (Å²) in [6, 6.07) is 18.4. The second-order valence-corrected chi connectivity index (χ2v) is 8.98. The molecule has 2 aliphatic rings. The minimum atomic E-state index is 0.00642. The van der Waals surface area contributed by atoms with E-state index in [9.17, 15) is 9.59 Å². The van der Waals surface area contributed by atoms with Gasteiger partial charge in [0.1, 0.15) is 0 Å². The van der Waals surface area contributed by atoms with Crippen molar-refractivity contribution in [3.63, 3.8) is 0 Å². The van der Waals surface area contributed by atoms with E-state index in [0.717, 1.165) is 50.0 Å². The third-order valence-corrected chi connectivity index (χ3v) is 6.76. The molecule has 33 heavy (non-hydrogen) atoms. The van der Waals surface area contributed by atoms with E-state index in [1.165, 1.54) is 16.8 Å². The quantitative estimate of drug-likeness (QED) is 0.597. The molecule has 5 rings (SSSR count). The highest BCUT2D eigenvalue weighted by Gasteiger charge is 2.26. The van der Waals surface area contributed by atoms with Gasteiger partial charge < -0.3 is 10.2 Å². The van der Waals surface area contributed by atoms with Gasteiger partial charge in [0.05, 0.1) is 18.8 Å². The summed E-state index contributed by atoms with van der Waals surface area (Å²) >= 11 is 0. The molecule has 1 aromatic heterocycles. The number of anilines is 1. The highest BCUT2D eigenvalue weighted by Crippen LogP contribution is 2.30. The third kappa shape index (κ3) is 4.70. The maximum atomic E-state index is 12.7. The number of aromatic nitrogens is 2. The number of nitrogens with zero attached hydrogens (tertiary/aromatic N) is 3. The molecule has 0 saturated carbocycles.